The fourth-order valence-corrected chi connectivity index (χ4v) is 2.31. The third kappa shape index (κ3) is 4.60. The van der Waals surface area contributed by atoms with E-state index in [1.807, 2.05) is 0 Å². The number of halogens is 4. The Hall–Kier alpha value is -1.28. The van der Waals surface area contributed by atoms with Crippen LogP contribution in [0.1, 0.15) is 12.8 Å². The van der Waals surface area contributed by atoms with Crippen LogP contribution in [0.4, 0.5) is 18.9 Å². The Morgan fingerprint density at radius 2 is 2.29 bits per heavy atom. The predicted octanol–water partition coefficient (Wildman–Crippen LogP) is 2.30. The predicted molar refractivity (Wildman–Crippen MR) is 71.6 cm³/mol. The van der Waals surface area contributed by atoms with E-state index >= 15 is 0 Å². The summed E-state index contributed by atoms with van der Waals surface area (Å²) in [4.78, 5) is 11.7. The average molecular weight is 326 g/mol. The van der Waals surface area contributed by atoms with Gasteiger partial charge in [-0.3, -0.25) is 4.79 Å². The van der Waals surface area contributed by atoms with Crippen LogP contribution < -0.4 is 10.9 Å². The van der Waals surface area contributed by atoms with Crippen LogP contribution >= 0.6 is 11.6 Å². The SMILES string of the molecule is O=c1c(Cl)c(NCC2CCCOC2)cnn1CC(F)(F)F. The smallest absolute Gasteiger partial charge is 0.382 e. The molecule has 0 saturated carbocycles. The normalized spacial score (nSPS) is 19.5. The van der Waals surface area contributed by atoms with Crippen molar-refractivity contribution in [2.75, 3.05) is 25.1 Å². The van der Waals surface area contributed by atoms with Gasteiger partial charge in [-0.2, -0.15) is 18.3 Å². The van der Waals surface area contributed by atoms with E-state index in [9.17, 15) is 18.0 Å². The summed E-state index contributed by atoms with van der Waals surface area (Å²) in [5, 5.41) is 6.15. The van der Waals surface area contributed by atoms with Gasteiger partial charge >= 0.3 is 6.18 Å². The lowest BCUT2D eigenvalue weighted by Crippen LogP contribution is -2.31. The van der Waals surface area contributed by atoms with E-state index in [1.54, 1.807) is 0 Å². The molecule has 1 saturated heterocycles. The molecule has 0 aromatic carbocycles. The van der Waals surface area contributed by atoms with Crippen LogP contribution in [0.25, 0.3) is 0 Å². The number of ether oxygens (including phenoxy) is 1. The third-order valence-corrected chi connectivity index (χ3v) is 3.51. The monoisotopic (exact) mass is 325 g/mol. The average Bonchev–Trinajstić information content (AvgIpc) is 2.43. The van der Waals surface area contributed by atoms with Crippen molar-refractivity contribution in [3.8, 4) is 0 Å². The van der Waals surface area contributed by atoms with Crippen molar-refractivity contribution < 1.29 is 17.9 Å². The largest absolute Gasteiger partial charge is 0.408 e. The highest BCUT2D eigenvalue weighted by molar-refractivity contribution is 6.32. The molecule has 0 amide bonds. The van der Waals surface area contributed by atoms with Crippen LogP contribution in [-0.4, -0.2) is 35.7 Å². The summed E-state index contributed by atoms with van der Waals surface area (Å²) in [6.45, 7) is 0.432. The van der Waals surface area contributed by atoms with Crippen LogP contribution in [0.2, 0.25) is 5.02 Å². The Balaban J connectivity index is 2.04. The first-order valence-electron chi connectivity index (χ1n) is 6.51. The summed E-state index contributed by atoms with van der Waals surface area (Å²) in [5.41, 5.74) is -0.718. The summed E-state index contributed by atoms with van der Waals surface area (Å²) in [6, 6.07) is 0. The second kappa shape index (κ2) is 6.65. The molecule has 1 aliphatic rings. The second-order valence-corrected chi connectivity index (χ2v) is 5.29. The number of hydrogen-bond acceptors (Lipinski definition) is 4. The molecule has 5 nitrogen and oxygen atoms in total. The molecule has 1 aliphatic heterocycles. The first-order valence-corrected chi connectivity index (χ1v) is 6.88. The molecular formula is C12H15ClF3N3O2. The van der Waals surface area contributed by atoms with E-state index in [1.165, 1.54) is 0 Å². The molecule has 9 heteroatoms. The van der Waals surface area contributed by atoms with E-state index in [0.717, 1.165) is 25.6 Å². The molecule has 0 aliphatic carbocycles. The standard InChI is InChI=1S/C12H15ClF3N3O2/c13-10-9(17-4-8-2-1-3-21-6-8)5-18-19(11(10)20)7-12(14,15)16/h5,8,17H,1-4,6-7H2. The van der Waals surface area contributed by atoms with Gasteiger partial charge in [0.2, 0.25) is 0 Å². The summed E-state index contributed by atoms with van der Waals surface area (Å²) >= 11 is 5.81. The maximum absolute atomic E-state index is 12.3. The van der Waals surface area contributed by atoms with E-state index in [0.29, 0.717) is 17.8 Å². The van der Waals surface area contributed by atoms with Crippen molar-refractivity contribution >= 4 is 17.3 Å². The van der Waals surface area contributed by atoms with Gasteiger partial charge in [-0.05, 0) is 18.8 Å². The molecule has 0 radical (unpaired) electrons. The van der Waals surface area contributed by atoms with E-state index in [2.05, 4.69) is 10.4 Å². The van der Waals surface area contributed by atoms with Gasteiger partial charge in [0.25, 0.3) is 5.56 Å². The molecule has 1 atom stereocenters. The van der Waals surface area contributed by atoms with Gasteiger partial charge in [0, 0.05) is 13.2 Å². The van der Waals surface area contributed by atoms with Crippen LogP contribution in [-0.2, 0) is 11.3 Å². The lowest BCUT2D eigenvalue weighted by Gasteiger charge is -2.22. The zero-order valence-corrected chi connectivity index (χ0v) is 11.9. The van der Waals surface area contributed by atoms with E-state index in [-0.39, 0.29) is 16.6 Å². The number of nitrogens with zero attached hydrogens (tertiary/aromatic N) is 2. The molecule has 0 spiro atoms. The van der Waals surface area contributed by atoms with Crippen molar-refractivity contribution in [1.29, 1.82) is 0 Å². The first kappa shape index (κ1) is 16.1. The highest BCUT2D eigenvalue weighted by Gasteiger charge is 2.29. The van der Waals surface area contributed by atoms with Crippen molar-refractivity contribution in [3.63, 3.8) is 0 Å². The van der Waals surface area contributed by atoms with Crippen molar-refractivity contribution in [3.05, 3.63) is 21.6 Å². The molecule has 21 heavy (non-hydrogen) atoms. The van der Waals surface area contributed by atoms with Crippen molar-refractivity contribution in [1.82, 2.24) is 9.78 Å². The highest BCUT2D eigenvalue weighted by Crippen LogP contribution is 2.20. The quantitative estimate of drug-likeness (QED) is 0.923. The molecule has 1 unspecified atom stereocenters. The first-order chi connectivity index (χ1) is 9.87. The zero-order valence-electron chi connectivity index (χ0n) is 11.1. The molecule has 2 heterocycles. The van der Waals surface area contributed by atoms with Crippen LogP contribution in [0.3, 0.4) is 0 Å². The van der Waals surface area contributed by atoms with Gasteiger partial charge < -0.3 is 10.1 Å². The minimum Gasteiger partial charge on any atom is -0.382 e. The van der Waals surface area contributed by atoms with Gasteiger partial charge in [0.1, 0.15) is 11.6 Å². The van der Waals surface area contributed by atoms with Crippen LogP contribution in [0.15, 0.2) is 11.0 Å². The maximum atomic E-state index is 12.3. The number of alkyl halides is 3. The molecule has 1 fully saturated rings. The Bertz CT molecular complexity index is 542. The number of anilines is 1. The van der Waals surface area contributed by atoms with E-state index < -0.39 is 18.3 Å². The molecular weight excluding hydrogens is 311 g/mol. The van der Waals surface area contributed by atoms with E-state index in [4.69, 9.17) is 16.3 Å². The summed E-state index contributed by atoms with van der Waals surface area (Å²) in [6.07, 6.45) is -1.43. The van der Waals surface area contributed by atoms with Crippen molar-refractivity contribution in [2.24, 2.45) is 5.92 Å². The molecule has 118 valence electrons. The minimum absolute atomic E-state index is 0.241. The van der Waals surface area contributed by atoms with Crippen LogP contribution in [0.5, 0.6) is 0 Å². The molecule has 1 N–H and O–H groups in total. The fraction of sp³-hybridized carbons (Fsp3) is 0.667. The molecule has 1 aromatic rings. The maximum Gasteiger partial charge on any atom is 0.408 e. The summed E-state index contributed by atoms with van der Waals surface area (Å²) < 4.78 is 42.4. The van der Waals surface area contributed by atoms with Gasteiger partial charge in [-0.1, -0.05) is 11.6 Å². The number of rotatable bonds is 4. The number of hydrogen-bond donors (Lipinski definition) is 1. The van der Waals surface area contributed by atoms with Gasteiger partial charge in [-0.15, -0.1) is 0 Å². The van der Waals surface area contributed by atoms with Gasteiger partial charge in [0.05, 0.1) is 18.5 Å². The van der Waals surface area contributed by atoms with Crippen LogP contribution in [0, 0.1) is 5.92 Å². The Labute approximate surface area is 124 Å². The van der Waals surface area contributed by atoms with Gasteiger partial charge in [0.15, 0.2) is 0 Å². The Morgan fingerprint density at radius 1 is 1.52 bits per heavy atom. The lowest BCUT2D eigenvalue weighted by atomic mass is 10.0. The fourth-order valence-electron chi connectivity index (χ4n) is 2.09. The zero-order chi connectivity index (χ0) is 15.5. The third-order valence-electron chi connectivity index (χ3n) is 3.15. The molecule has 0 bridgehead atoms. The molecule has 1 aromatic heterocycles. The molecule has 2 rings (SSSR count). The lowest BCUT2D eigenvalue weighted by molar-refractivity contribution is -0.143. The van der Waals surface area contributed by atoms with Gasteiger partial charge in [-0.25, -0.2) is 4.68 Å². The number of nitrogens with one attached hydrogen (secondary N) is 1. The Morgan fingerprint density at radius 3 is 2.90 bits per heavy atom. The summed E-state index contributed by atoms with van der Waals surface area (Å²) in [5.74, 6) is 0.285. The topological polar surface area (TPSA) is 56.1 Å². The van der Waals surface area contributed by atoms with Crippen molar-refractivity contribution in [2.45, 2.75) is 25.6 Å². The number of aromatic nitrogens is 2. The summed E-state index contributed by atoms with van der Waals surface area (Å²) in [7, 11) is 0. The minimum atomic E-state index is -4.52. The highest BCUT2D eigenvalue weighted by atomic mass is 35.5. The Kier molecular flexibility index (Phi) is 5.10. The second-order valence-electron chi connectivity index (χ2n) is 4.91.